The van der Waals surface area contributed by atoms with Gasteiger partial charge in [0.25, 0.3) is 0 Å². The lowest BCUT2D eigenvalue weighted by atomic mass is 10.2. The zero-order chi connectivity index (χ0) is 10.1. The molecule has 0 amide bonds. The number of fused-ring (bicyclic) bond motifs is 1. The Bertz CT molecular complexity index is 448. The molecular formula is C10H13N3O. The molecule has 0 saturated heterocycles. The third-order valence-electron chi connectivity index (χ3n) is 2.14. The number of hydrogen-bond acceptors (Lipinski definition) is 4. The molecule has 0 aliphatic carbocycles. The second-order valence-corrected chi connectivity index (χ2v) is 3.58. The minimum Gasteiger partial charge on any atom is -0.358 e. The van der Waals surface area contributed by atoms with Gasteiger partial charge in [0.15, 0.2) is 11.3 Å². The van der Waals surface area contributed by atoms with Gasteiger partial charge < -0.3 is 4.52 Å². The minimum atomic E-state index is 0.332. The lowest BCUT2D eigenvalue weighted by molar-refractivity contribution is 0.394. The quantitative estimate of drug-likeness (QED) is 0.730. The smallest absolute Gasteiger partial charge is 0.162 e. The minimum absolute atomic E-state index is 0.332. The van der Waals surface area contributed by atoms with Gasteiger partial charge in [0, 0.05) is 12.3 Å². The van der Waals surface area contributed by atoms with Crippen molar-refractivity contribution in [2.24, 2.45) is 0 Å². The third-order valence-corrected chi connectivity index (χ3v) is 2.14. The molecule has 0 aromatic carbocycles. The van der Waals surface area contributed by atoms with E-state index in [0.717, 1.165) is 29.0 Å². The van der Waals surface area contributed by atoms with Crippen molar-refractivity contribution < 1.29 is 4.52 Å². The Morgan fingerprint density at radius 3 is 2.86 bits per heavy atom. The van der Waals surface area contributed by atoms with Crippen LogP contribution in [0.1, 0.15) is 38.3 Å². The summed E-state index contributed by atoms with van der Waals surface area (Å²) in [5.41, 5.74) is 1.59. The summed E-state index contributed by atoms with van der Waals surface area (Å²) in [5, 5.41) is 3.89. The summed E-state index contributed by atoms with van der Waals surface area (Å²) in [6.07, 6.45) is 2.53. The summed E-state index contributed by atoms with van der Waals surface area (Å²) < 4.78 is 5.15. The summed E-state index contributed by atoms with van der Waals surface area (Å²) in [4.78, 5) is 8.66. The molecule has 14 heavy (non-hydrogen) atoms. The van der Waals surface area contributed by atoms with Crippen molar-refractivity contribution in [1.29, 1.82) is 0 Å². The topological polar surface area (TPSA) is 51.8 Å². The van der Waals surface area contributed by atoms with Gasteiger partial charge in [-0.25, -0.2) is 9.97 Å². The molecule has 4 heteroatoms. The van der Waals surface area contributed by atoms with Crippen molar-refractivity contribution in [3.63, 3.8) is 0 Å². The number of hydrogen-bond donors (Lipinski definition) is 0. The molecule has 0 atom stereocenters. The summed E-state index contributed by atoms with van der Waals surface area (Å²) in [5.74, 6) is 2.01. The lowest BCUT2D eigenvalue weighted by Gasteiger charge is -2.01. The molecule has 0 N–H and O–H groups in total. The van der Waals surface area contributed by atoms with Crippen LogP contribution in [0.25, 0.3) is 11.0 Å². The summed E-state index contributed by atoms with van der Waals surface area (Å²) >= 11 is 0. The Labute approximate surface area is 82.3 Å². The molecule has 0 aliphatic heterocycles. The second-order valence-electron chi connectivity index (χ2n) is 3.58. The van der Waals surface area contributed by atoms with Crippen LogP contribution in [0.4, 0.5) is 0 Å². The molecule has 0 radical (unpaired) electrons. The molecule has 2 aromatic rings. The predicted octanol–water partition coefficient (Wildman–Crippen LogP) is 2.30. The molecule has 0 unspecified atom stereocenters. The van der Waals surface area contributed by atoms with Crippen LogP contribution in [0.5, 0.6) is 0 Å². The van der Waals surface area contributed by atoms with Crippen LogP contribution in [0.15, 0.2) is 10.7 Å². The van der Waals surface area contributed by atoms with Crippen LogP contribution in [-0.4, -0.2) is 15.1 Å². The fourth-order valence-electron chi connectivity index (χ4n) is 1.32. The first-order valence-electron chi connectivity index (χ1n) is 4.83. The molecule has 0 saturated carbocycles. The average Bonchev–Trinajstić information content (AvgIpc) is 2.59. The average molecular weight is 191 g/mol. The third kappa shape index (κ3) is 1.36. The Hall–Kier alpha value is -1.45. The van der Waals surface area contributed by atoms with E-state index in [0.29, 0.717) is 5.92 Å². The zero-order valence-corrected chi connectivity index (χ0v) is 8.61. The van der Waals surface area contributed by atoms with Crippen molar-refractivity contribution in [1.82, 2.24) is 15.1 Å². The first kappa shape index (κ1) is 9.12. The van der Waals surface area contributed by atoms with Crippen LogP contribution in [0.2, 0.25) is 0 Å². The van der Waals surface area contributed by atoms with Crippen LogP contribution in [0.3, 0.4) is 0 Å². The van der Waals surface area contributed by atoms with E-state index in [1.807, 2.05) is 6.92 Å². The highest BCUT2D eigenvalue weighted by molar-refractivity contribution is 5.74. The largest absolute Gasteiger partial charge is 0.358 e. The molecule has 4 nitrogen and oxygen atoms in total. The zero-order valence-electron chi connectivity index (χ0n) is 8.61. The second kappa shape index (κ2) is 3.36. The molecular weight excluding hydrogens is 178 g/mol. The van der Waals surface area contributed by atoms with Gasteiger partial charge in [0.2, 0.25) is 0 Å². The first-order chi connectivity index (χ1) is 6.72. The Morgan fingerprint density at radius 1 is 1.43 bits per heavy atom. The highest BCUT2D eigenvalue weighted by Crippen LogP contribution is 2.18. The van der Waals surface area contributed by atoms with E-state index in [9.17, 15) is 0 Å². The Balaban J connectivity index is 2.61. The van der Waals surface area contributed by atoms with Gasteiger partial charge in [0.1, 0.15) is 11.3 Å². The van der Waals surface area contributed by atoms with Gasteiger partial charge in [0.05, 0.1) is 6.20 Å². The number of nitrogens with zero attached hydrogens (tertiary/aromatic N) is 3. The molecule has 2 heterocycles. The van der Waals surface area contributed by atoms with Gasteiger partial charge in [-0.05, 0) is 0 Å². The van der Waals surface area contributed by atoms with E-state index < -0.39 is 0 Å². The molecule has 0 fully saturated rings. The predicted molar refractivity (Wildman–Crippen MR) is 53.1 cm³/mol. The van der Waals surface area contributed by atoms with Gasteiger partial charge in [-0.3, -0.25) is 0 Å². The fraction of sp³-hybridized carbons (Fsp3) is 0.500. The van der Waals surface area contributed by atoms with E-state index in [2.05, 4.69) is 29.0 Å². The van der Waals surface area contributed by atoms with Crippen molar-refractivity contribution in [3.05, 3.63) is 17.8 Å². The number of rotatable bonds is 2. The van der Waals surface area contributed by atoms with Crippen LogP contribution >= 0.6 is 0 Å². The molecule has 0 spiro atoms. The molecule has 0 bridgehead atoms. The van der Waals surface area contributed by atoms with Gasteiger partial charge in [-0.2, -0.15) is 0 Å². The van der Waals surface area contributed by atoms with Crippen LogP contribution in [0, 0.1) is 0 Å². The van der Waals surface area contributed by atoms with Crippen LogP contribution < -0.4 is 0 Å². The lowest BCUT2D eigenvalue weighted by Crippen LogP contribution is -1.96. The molecule has 2 aromatic heterocycles. The Morgan fingerprint density at radius 2 is 2.21 bits per heavy atom. The van der Waals surface area contributed by atoms with E-state index in [-0.39, 0.29) is 0 Å². The maximum Gasteiger partial charge on any atom is 0.162 e. The van der Waals surface area contributed by atoms with Crippen molar-refractivity contribution in [3.8, 4) is 0 Å². The van der Waals surface area contributed by atoms with Crippen LogP contribution in [-0.2, 0) is 6.42 Å². The maximum absolute atomic E-state index is 5.15. The van der Waals surface area contributed by atoms with E-state index in [1.165, 1.54) is 0 Å². The standard InChI is InChI=1S/C10H13N3O/c1-4-8-9-7(13-14-8)5-11-10(12-9)6(2)3/h5-6H,4H2,1-3H3. The van der Waals surface area contributed by atoms with Crippen molar-refractivity contribution in [2.45, 2.75) is 33.1 Å². The van der Waals surface area contributed by atoms with Gasteiger partial charge in [-0.15, -0.1) is 0 Å². The SMILES string of the molecule is CCc1onc2cnc(C(C)C)nc12. The molecule has 0 aliphatic rings. The van der Waals surface area contributed by atoms with E-state index in [4.69, 9.17) is 4.52 Å². The first-order valence-corrected chi connectivity index (χ1v) is 4.83. The molecule has 2 rings (SSSR count). The number of aromatic nitrogens is 3. The summed E-state index contributed by atoms with van der Waals surface area (Å²) in [6.45, 7) is 6.16. The molecule has 74 valence electrons. The highest BCUT2D eigenvalue weighted by Gasteiger charge is 2.11. The normalized spacial score (nSPS) is 11.4. The van der Waals surface area contributed by atoms with E-state index >= 15 is 0 Å². The van der Waals surface area contributed by atoms with Gasteiger partial charge >= 0.3 is 0 Å². The highest BCUT2D eigenvalue weighted by atomic mass is 16.5. The Kier molecular flexibility index (Phi) is 2.19. The number of aryl methyl sites for hydroxylation is 1. The van der Waals surface area contributed by atoms with Crippen molar-refractivity contribution >= 4 is 11.0 Å². The fourth-order valence-corrected chi connectivity index (χ4v) is 1.32. The maximum atomic E-state index is 5.15. The van der Waals surface area contributed by atoms with E-state index in [1.54, 1.807) is 6.20 Å². The summed E-state index contributed by atoms with van der Waals surface area (Å²) in [6, 6.07) is 0. The van der Waals surface area contributed by atoms with Gasteiger partial charge in [-0.1, -0.05) is 25.9 Å². The monoisotopic (exact) mass is 191 g/mol. The van der Waals surface area contributed by atoms with Crippen molar-refractivity contribution in [2.75, 3.05) is 0 Å². The summed E-state index contributed by atoms with van der Waals surface area (Å²) in [7, 11) is 0.